The molecule has 0 fully saturated rings. The summed E-state index contributed by atoms with van der Waals surface area (Å²) < 4.78 is 52.1. The average Bonchev–Trinajstić information content (AvgIpc) is 2.86. The van der Waals surface area contributed by atoms with E-state index in [1.165, 1.54) is 24.5 Å². The summed E-state index contributed by atoms with van der Waals surface area (Å²) in [5.74, 6) is -0.244. The molecule has 1 aromatic carbocycles. The predicted molar refractivity (Wildman–Crippen MR) is 122 cm³/mol. The zero-order valence-electron chi connectivity index (χ0n) is 18.1. The molecule has 180 valence electrons. The van der Waals surface area contributed by atoms with Crippen LogP contribution >= 0.6 is 0 Å². The van der Waals surface area contributed by atoms with Crippen LogP contribution in [0.25, 0.3) is 22.2 Å². The number of benzene rings is 1. The van der Waals surface area contributed by atoms with Crippen LogP contribution in [0.3, 0.4) is 0 Å². The molecule has 0 aliphatic rings. The van der Waals surface area contributed by atoms with Gasteiger partial charge in [-0.1, -0.05) is 12.1 Å². The molecule has 0 saturated carbocycles. The van der Waals surface area contributed by atoms with Crippen LogP contribution in [-0.2, 0) is 12.9 Å². The molecule has 0 aliphatic heterocycles. The number of amides is 1. The van der Waals surface area contributed by atoms with E-state index in [0.29, 0.717) is 27.8 Å². The molecule has 4 rings (SSSR count). The van der Waals surface area contributed by atoms with Crippen molar-refractivity contribution < 1.29 is 27.5 Å². The van der Waals surface area contributed by atoms with E-state index in [0.717, 1.165) is 12.3 Å². The Kier molecular flexibility index (Phi) is 6.87. The fourth-order valence-electron chi connectivity index (χ4n) is 3.45. The van der Waals surface area contributed by atoms with Crippen molar-refractivity contribution in [3.63, 3.8) is 0 Å². The fraction of sp³-hybridized carbons (Fsp3) is 0.167. The molecule has 0 spiro atoms. The maximum Gasteiger partial charge on any atom is 0.417 e. The molecular formula is C24H19F4N5O2. The fourth-order valence-corrected chi connectivity index (χ4v) is 3.45. The summed E-state index contributed by atoms with van der Waals surface area (Å²) in [4.78, 5) is 24.5. The van der Waals surface area contributed by atoms with Crippen molar-refractivity contribution in [3.05, 3.63) is 77.7 Å². The Balaban J connectivity index is 1.63. The maximum absolute atomic E-state index is 13.8. The number of rotatable bonds is 7. The number of fused-ring (bicyclic) bond motifs is 1. The van der Waals surface area contributed by atoms with Gasteiger partial charge in [-0.3, -0.25) is 14.8 Å². The van der Waals surface area contributed by atoms with Crippen LogP contribution in [0.4, 0.5) is 29.1 Å². The molecule has 1 amide bonds. The van der Waals surface area contributed by atoms with Crippen molar-refractivity contribution >= 4 is 28.3 Å². The second-order valence-electron chi connectivity index (χ2n) is 7.49. The van der Waals surface area contributed by atoms with Gasteiger partial charge in [-0.2, -0.15) is 13.2 Å². The van der Waals surface area contributed by atoms with Gasteiger partial charge in [0.15, 0.2) is 0 Å². The minimum Gasteiger partial charge on any atom is -0.395 e. The van der Waals surface area contributed by atoms with E-state index in [-0.39, 0.29) is 30.1 Å². The zero-order chi connectivity index (χ0) is 25.0. The third-order valence-corrected chi connectivity index (χ3v) is 5.14. The molecule has 0 aliphatic carbocycles. The summed E-state index contributed by atoms with van der Waals surface area (Å²) in [6.45, 7) is -1.00. The minimum atomic E-state index is -4.47. The topological polar surface area (TPSA) is 100 Å². The number of pyridine rings is 3. The Hall–Kier alpha value is -4.12. The molecule has 35 heavy (non-hydrogen) atoms. The normalized spacial score (nSPS) is 11.5. The highest BCUT2D eigenvalue weighted by atomic mass is 19.4. The van der Waals surface area contributed by atoms with E-state index in [9.17, 15) is 22.4 Å². The van der Waals surface area contributed by atoms with Gasteiger partial charge in [0, 0.05) is 41.6 Å². The predicted octanol–water partition coefficient (Wildman–Crippen LogP) is 4.65. The van der Waals surface area contributed by atoms with Gasteiger partial charge < -0.3 is 15.7 Å². The minimum absolute atomic E-state index is 0.0697. The Morgan fingerprint density at radius 2 is 1.83 bits per heavy atom. The van der Waals surface area contributed by atoms with Crippen LogP contribution in [-0.4, -0.2) is 39.1 Å². The first-order chi connectivity index (χ1) is 16.8. The summed E-state index contributed by atoms with van der Waals surface area (Å²) in [5, 5.41) is 15.0. The molecule has 3 aromatic heterocycles. The number of anilines is 2. The van der Waals surface area contributed by atoms with Crippen molar-refractivity contribution in [2.45, 2.75) is 12.9 Å². The van der Waals surface area contributed by atoms with Crippen LogP contribution in [0.15, 0.2) is 61.1 Å². The van der Waals surface area contributed by atoms with E-state index < -0.39 is 24.3 Å². The van der Waals surface area contributed by atoms with Gasteiger partial charge in [0.2, 0.25) is 0 Å². The first-order valence-corrected chi connectivity index (χ1v) is 10.4. The number of halogens is 4. The summed E-state index contributed by atoms with van der Waals surface area (Å²) in [6, 6.07) is 10.4. The summed E-state index contributed by atoms with van der Waals surface area (Å²) in [5.41, 5.74) is 1.57. The number of nitrogens with zero attached hydrogens (tertiary/aromatic N) is 3. The van der Waals surface area contributed by atoms with Crippen LogP contribution in [0.5, 0.6) is 0 Å². The summed E-state index contributed by atoms with van der Waals surface area (Å²) in [6.07, 6.45) is -0.870. The van der Waals surface area contributed by atoms with Gasteiger partial charge in [0.1, 0.15) is 12.5 Å². The van der Waals surface area contributed by atoms with Crippen molar-refractivity contribution in [2.24, 2.45) is 0 Å². The first-order valence-electron chi connectivity index (χ1n) is 10.4. The van der Waals surface area contributed by atoms with Gasteiger partial charge >= 0.3 is 6.18 Å². The lowest BCUT2D eigenvalue weighted by Gasteiger charge is -2.12. The maximum atomic E-state index is 13.8. The van der Waals surface area contributed by atoms with E-state index in [1.54, 1.807) is 24.3 Å². The standard InChI is InChI=1S/C24H19F4N5O2/c25-11-15-9-16(23(35)30-7-8-34)12-32-22(15)14-1-3-18-19(5-6-29-20(18)10-14)33-21-4-2-17(13-31-21)24(26,27)28/h1-6,9-10,12-13,34H,7-8,11H2,(H,30,35)(H,29,31,33). The van der Waals surface area contributed by atoms with Gasteiger partial charge in [-0.05, 0) is 30.3 Å². The third-order valence-electron chi connectivity index (χ3n) is 5.14. The molecule has 0 atom stereocenters. The number of alkyl halides is 4. The number of nitrogens with one attached hydrogen (secondary N) is 2. The van der Waals surface area contributed by atoms with Crippen LogP contribution in [0, 0.1) is 0 Å². The Morgan fingerprint density at radius 1 is 1.00 bits per heavy atom. The first kappa shape index (κ1) is 24.0. The van der Waals surface area contributed by atoms with Gasteiger partial charge in [0.25, 0.3) is 5.91 Å². The summed E-state index contributed by atoms with van der Waals surface area (Å²) in [7, 11) is 0. The van der Waals surface area contributed by atoms with E-state index in [2.05, 4.69) is 25.6 Å². The lowest BCUT2D eigenvalue weighted by atomic mass is 10.0. The van der Waals surface area contributed by atoms with Crippen molar-refractivity contribution in [3.8, 4) is 11.3 Å². The number of aromatic nitrogens is 3. The van der Waals surface area contributed by atoms with Crippen LogP contribution in [0.1, 0.15) is 21.5 Å². The third kappa shape index (κ3) is 5.35. The highest BCUT2D eigenvalue weighted by Crippen LogP contribution is 2.32. The quantitative estimate of drug-likeness (QED) is 0.330. The zero-order valence-corrected chi connectivity index (χ0v) is 18.1. The van der Waals surface area contributed by atoms with E-state index in [1.807, 2.05) is 0 Å². The lowest BCUT2D eigenvalue weighted by Crippen LogP contribution is -2.26. The molecule has 0 bridgehead atoms. The van der Waals surface area contributed by atoms with Crippen LogP contribution < -0.4 is 10.6 Å². The smallest absolute Gasteiger partial charge is 0.395 e. The van der Waals surface area contributed by atoms with Gasteiger partial charge in [-0.25, -0.2) is 9.37 Å². The molecule has 11 heteroatoms. The SMILES string of the molecule is O=C(NCCO)c1cnc(-c2ccc3c(Nc4ccc(C(F)(F)F)cn4)ccnc3c2)c(CF)c1. The molecule has 7 nitrogen and oxygen atoms in total. The van der Waals surface area contributed by atoms with Gasteiger partial charge in [0.05, 0.1) is 34.6 Å². The van der Waals surface area contributed by atoms with Crippen molar-refractivity contribution in [1.29, 1.82) is 0 Å². The lowest BCUT2D eigenvalue weighted by molar-refractivity contribution is -0.137. The van der Waals surface area contributed by atoms with Gasteiger partial charge in [-0.15, -0.1) is 0 Å². The number of aliphatic hydroxyl groups is 1. The number of carbonyl (C=O) groups is 1. The molecule has 4 aromatic rings. The Bertz CT molecular complexity index is 1360. The number of carbonyl (C=O) groups excluding carboxylic acids is 1. The average molecular weight is 485 g/mol. The molecule has 3 N–H and O–H groups in total. The highest BCUT2D eigenvalue weighted by Gasteiger charge is 2.30. The Morgan fingerprint density at radius 3 is 2.51 bits per heavy atom. The number of hydrogen-bond acceptors (Lipinski definition) is 6. The van der Waals surface area contributed by atoms with E-state index in [4.69, 9.17) is 5.11 Å². The summed E-state index contributed by atoms with van der Waals surface area (Å²) >= 11 is 0. The molecular weight excluding hydrogens is 466 g/mol. The highest BCUT2D eigenvalue weighted by molar-refractivity contribution is 5.96. The van der Waals surface area contributed by atoms with Crippen molar-refractivity contribution in [2.75, 3.05) is 18.5 Å². The number of hydrogen-bond donors (Lipinski definition) is 3. The second-order valence-corrected chi connectivity index (χ2v) is 7.49. The van der Waals surface area contributed by atoms with E-state index >= 15 is 0 Å². The van der Waals surface area contributed by atoms with Crippen LogP contribution in [0.2, 0.25) is 0 Å². The molecule has 0 unspecified atom stereocenters. The number of aliphatic hydroxyl groups excluding tert-OH is 1. The molecule has 3 heterocycles. The largest absolute Gasteiger partial charge is 0.417 e. The van der Waals surface area contributed by atoms with Crippen molar-refractivity contribution in [1.82, 2.24) is 20.3 Å². The molecule has 0 radical (unpaired) electrons. The molecule has 0 saturated heterocycles. The Labute approximate surface area is 196 Å². The monoisotopic (exact) mass is 485 g/mol. The second kappa shape index (κ2) is 10.0.